The summed E-state index contributed by atoms with van der Waals surface area (Å²) >= 11 is 0. The van der Waals surface area contributed by atoms with E-state index in [0.717, 1.165) is 6.92 Å². The first-order valence-electron chi connectivity index (χ1n) is 2.82. The molecule has 0 saturated heterocycles. The van der Waals surface area contributed by atoms with Gasteiger partial charge >= 0.3 is 20.4 Å². The minimum Gasteiger partial charge on any atom is -0.550 e. The Morgan fingerprint density at radius 1 is 1.27 bits per heavy atom. The van der Waals surface area contributed by atoms with Crippen LogP contribution in [0.15, 0.2) is 30.3 Å². The maximum atomic E-state index is 8.89. The molecule has 1 aromatic rings. The number of carboxylic acids is 1. The van der Waals surface area contributed by atoms with Gasteiger partial charge in [0, 0.05) is 5.97 Å². The van der Waals surface area contributed by atoms with E-state index in [4.69, 9.17) is 9.90 Å². The van der Waals surface area contributed by atoms with Crippen molar-refractivity contribution in [3.8, 4) is 0 Å². The molecule has 2 nitrogen and oxygen atoms in total. The van der Waals surface area contributed by atoms with E-state index in [1.165, 1.54) is 0 Å². The number of rotatable bonds is 0. The third-order valence-electron chi connectivity index (χ3n) is 0.607. The molecule has 0 heterocycles. The third kappa shape index (κ3) is 17.6. The molecule has 62 valence electrons. The van der Waals surface area contributed by atoms with Gasteiger partial charge in [-0.3, -0.25) is 0 Å². The van der Waals surface area contributed by atoms with E-state index in [0.29, 0.717) is 0 Å². The number of carboxylic acid groups (broad SMARTS) is 1. The van der Waals surface area contributed by atoms with Crippen molar-refractivity contribution in [1.82, 2.24) is 0 Å². The van der Waals surface area contributed by atoms with Crippen LogP contribution in [0.25, 0.3) is 0 Å². The quantitative estimate of drug-likeness (QED) is 0.483. The number of hydrogen-bond donors (Lipinski definition) is 0. The summed E-state index contributed by atoms with van der Waals surface area (Å²) in [6.45, 7) is 0.972. The zero-order valence-corrected chi connectivity index (χ0v) is 7.57. The first-order chi connectivity index (χ1) is 4.73. The van der Waals surface area contributed by atoms with E-state index in [1.54, 1.807) is 0 Å². The Kier molecular flexibility index (Phi) is 11.0. The summed E-state index contributed by atoms with van der Waals surface area (Å²) < 4.78 is 0. The molecule has 0 aliphatic heterocycles. The molecular weight excluding hydrogens is 235 g/mol. The van der Waals surface area contributed by atoms with E-state index in [-0.39, 0.29) is 20.4 Å². The molecule has 0 N–H and O–H groups in total. The first kappa shape index (κ1) is 13.0. The fourth-order valence-electron chi connectivity index (χ4n) is 0.342. The van der Waals surface area contributed by atoms with E-state index >= 15 is 0 Å². The Bertz CT molecular complexity index is 144. The van der Waals surface area contributed by atoms with Crippen LogP contribution < -0.4 is 5.11 Å². The summed E-state index contributed by atoms with van der Waals surface area (Å²) in [4.78, 5) is 8.89. The second-order valence-corrected chi connectivity index (χ2v) is 1.57. The van der Waals surface area contributed by atoms with Gasteiger partial charge in [0.1, 0.15) is 0 Å². The topological polar surface area (TPSA) is 40.1 Å². The van der Waals surface area contributed by atoms with Gasteiger partial charge in [0.05, 0.1) is 0 Å². The zero-order chi connectivity index (χ0) is 7.82. The predicted molar refractivity (Wildman–Crippen MR) is 36.0 cm³/mol. The summed E-state index contributed by atoms with van der Waals surface area (Å²) in [7, 11) is 0. The summed E-state index contributed by atoms with van der Waals surface area (Å²) in [6, 6.07) is 12.5. The average Bonchev–Trinajstić information content (AvgIpc) is 1.90. The fraction of sp³-hybridized carbons (Fsp3) is 0.125. The largest absolute Gasteiger partial charge is 2.00 e. The minimum absolute atomic E-state index is 0. The van der Waals surface area contributed by atoms with Crippen LogP contribution in [-0.2, 0) is 25.2 Å². The second kappa shape index (κ2) is 9.35. The van der Waals surface area contributed by atoms with Gasteiger partial charge in [-0.25, -0.2) is 0 Å². The van der Waals surface area contributed by atoms with Gasteiger partial charge in [0.15, 0.2) is 0 Å². The molecule has 0 atom stereocenters. The van der Waals surface area contributed by atoms with Crippen molar-refractivity contribution in [2.45, 2.75) is 6.92 Å². The minimum atomic E-state index is -1.08. The van der Waals surface area contributed by atoms with Crippen LogP contribution >= 0.6 is 0 Å². The Labute approximate surface area is 79.9 Å². The van der Waals surface area contributed by atoms with Crippen LogP contribution in [-0.4, -0.2) is 5.97 Å². The molecule has 1 rings (SSSR count). The third-order valence-corrected chi connectivity index (χ3v) is 0.607. The standard InChI is InChI=1S/C6H5.C2H4O2.Pd/c1-2-4-6-5-3-1;1-2(3)4;/h1-5H;1H3,(H,3,4);/q-1;;+2/p-1. The number of aliphatic carboxylic acids is 1. The van der Waals surface area contributed by atoms with Gasteiger partial charge in [-0.1, -0.05) is 0 Å². The number of carbonyl (C=O) groups is 1. The van der Waals surface area contributed by atoms with Crippen molar-refractivity contribution in [3.63, 3.8) is 0 Å². The molecule has 0 amide bonds. The molecule has 3 heteroatoms. The summed E-state index contributed by atoms with van der Waals surface area (Å²) in [5.74, 6) is -1.08. The van der Waals surface area contributed by atoms with Crippen LogP contribution in [0, 0.1) is 6.07 Å². The molecule has 11 heavy (non-hydrogen) atoms. The van der Waals surface area contributed by atoms with Gasteiger partial charge < -0.3 is 9.90 Å². The summed E-state index contributed by atoms with van der Waals surface area (Å²) in [5, 5.41) is 8.89. The first-order valence-corrected chi connectivity index (χ1v) is 2.82. The molecule has 0 fully saturated rings. The fourth-order valence-corrected chi connectivity index (χ4v) is 0.342. The zero-order valence-electron chi connectivity index (χ0n) is 6.02. The van der Waals surface area contributed by atoms with Gasteiger partial charge in [0.25, 0.3) is 0 Å². The number of hydrogen-bond acceptors (Lipinski definition) is 2. The molecule has 0 saturated carbocycles. The van der Waals surface area contributed by atoms with Gasteiger partial charge in [-0.15, -0.1) is 0 Å². The Morgan fingerprint density at radius 3 is 1.73 bits per heavy atom. The van der Waals surface area contributed by atoms with Crippen LogP contribution in [0.1, 0.15) is 6.92 Å². The van der Waals surface area contributed by atoms with Crippen LogP contribution in [0.3, 0.4) is 0 Å². The molecule has 0 radical (unpaired) electrons. The van der Waals surface area contributed by atoms with Gasteiger partial charge in [0.2, 0.25) is 0 Å². The van der Waals surface area contributed by atoms with E-state index in [1.807, 2.05) is 30.3 Å². The molecule has 0 aliphatic rings. The molecule has 0 bridgehead atoms. The summed E-state index contributed by atoms with van der Waals surface area (Å²) in [6.07, 6.45) is 0. The molecule has 0 aromatic heterocycles. The van der Waals surface area contributed by atoms with Crippen LogP contribution in [0.2, 0.25) is 0 Å². The van der Waals surface area contributed by atoms with Crippen LogP contribution in [0.5, 0.6) is 0 Å². The normalized spacial score (nSPS) is 6.64. The van der Waals surface area contributed by atoms with E-state index < -0.39 is 5.97 Å². The second-order valence-electron chi connectivity index (χ2n) is 1.57. The van der Waals surface area contributed by atoms with Crippen molar-refractivity contribution < 1.29 is 30.3 Å². The van der Waals surface area contributed by atoms with Crippen molar-refractivity contribution in [2.75, 3.05) is 0 Å². The molecular formula is C8H8O2Pd. The monoisotopic (exact) mass is 242 g/mol. The van der Waals surface area contributed by atoms with Gasteiger partial charge in [-0.2, -0.15) is 36.4 Å². The maximum Gasteiger partial charge on any atom is 2.00 e. The van der Waals surface area contributed by atoms with Crippen molar-refractivity contribution in [3.05, 3.63) is 36.4 Å². The summed E-state index contributed by atoms with van der Waals surface area (Å²) in [5.41, 5.74) is 0. The SMILES string of the molecule is CC(=O)[O-].[Pd+2].[c-]1ccccc1. The Morgan fingerprint density at radius 2 is 1.64 bits per heavy atom. The van der Waals surface area contributed by atoms with Crippen molar-refractivity contribution in [2.24, 2.45) is 0 Å². The molecule has 1 aromatic carbocycles. The number of carbonyl (C=O) groups excluding carboxylic acids is 1. The van der Waals surface area contributed by atoms with Gasteiger partial charge in [-0.05, 0) is 6.92 Å². The number of benzene rings is 1. The van der Waals surface area contributed by atoms with Crippen molar-refractivity contribution >= 4 is 5.97 Å². The molecule has 0 unspecified atom stereocenters. The van der Waals surface area contributed by atoms with E-state index in [9.17, 15) is 0 Å². The van der Waals surface area contributed by atoms with Crippen molar-refractivity contribution in [1.29, 1.82) is 0 Å². The maximum absolute atomic E-state index is 8.89. The van der Waals surface area contributed by atoms with E-state index in [2.05, 4.69) is 6.07 Å². The predicted octanol–water partition coefficient (Wildman–Crippen LogP) is 0.240. The smallest absolute Gasteiger partial charge is 0.550 e. The average molecular weight is 243 g/mol. The molecule has 0 aliphatic carbocycles. The Hall–Kier alpha value is -0.648. The van der Waals surface area contributed by atoms with Crippen LogP contribution in [0.4, 0.5) is 0 Å². The molecule has 0 spiro atoms. The Balaban J connectivity index is 0.